The van der Waals surface area contributed by atoms with E-state index in [1.165, 1.54) is 7.11 Å². The Hall–Kier alpha value is -1.26. The molecule has 0 N–H and O–H groups in total. The lowest BCUT2D eigenvalue weighted by Gasteiger charge is -2.20. The first-order valence-electron chi connectivity index (χ1n) is 6.76. The van der Waals surface area contributed by atoms with Crippen LogP contribution in [0.4, 0.5) is 0 Å². The molecule has 0 unspecified atom stereocenters. The van der Waals surface area contributed by atoms with Crippen LogP contribution >= 0.6 is 23.2 Å². The highest BCUT2D eigenvalue weighted by atomic mass is 35.5. The number of amides is 1. The van der Waals surface area contributed by atoms with Crippen molar-refractivity contribution in [2.24, 2.45) is 0 Å². The molecule has 1 amide bonds. The van der Waals surface area contributed by atoms with Gasteiger partial charge in [-0.1, -0.05) is 29.3 Å². The van der Waals surface area contributed by atoms with Crippen LogP contribution in [-0.4, -0.2) is 37.0 Å². The molecule has 0 radical (unpaired) electrons. The first-order chi connectivity index (χ1) is 9.97. The largest absolute Gasteiger partial charge is 0.469 e. The first-order valence-corrected chi connectivity index (χ1v) is 7.52. The summed E-state index contributed by atoms with van der Waals surface area (Å²) in [6.45, 7) is 2.81. The number of nitrogens with zero attached hydrogens (tertiary/aromatic N) is 1. The lowest BCUT2D eigenvalue weighted by molar-refractivity contribution is -0.141. The van der Waals surface area contributed by atoms with E-state index >= 15 is 0 Å². The number of ether oxygens (including phenoxy) is 1. The quantitative estimate of drug-likeness (QED) is 0.720. The molecule has 21 heavy (non-hydrogen) atoms. The molecule has 0 aliphatic carbocycles. The minimum Gasteiger partial charge on any atom is -0.469 e. The highest BCUT2D eigenvalue weighted by Crippen LogP contribution is 2.22. The van der Waals surface area contributed by atoms with Crippen LogP contribution in [0.25, 0.3) is 0 Å². The van der Waals surface area contributed by atoms with E-state index in [1.807, 2.05) is 13.0 Å². The molecular weight excluding hydrogens is 313 g/mol. The lowest BCUT2D eigenvalue weighted by atomic mass is 10.1. The Morgan fingerprint density at radius 3 is 2.52 bits per heavy atom. The van der Waals surface area contributed by atoms with Crippen molar-refractivity contribution in [1.82, 2.24) is 4.90 Å². The van der Waals surface area contributed by atoms with Crippen LogP contribution in [0, 0.1) is 0 Å². The van der Waals surface area contributed by atoms with Crippen molar-refractivity contribution in [3.63, 3.8) is 0 Å². The number of hydrogen-bond acceptors (Lipinski definition) is 3. The second-order valence-electron chi connectivity index (χ2n) is 4.54. The van der Waals surface area contributed by atoms with E-state index in [4.69, 9.17) is 23.2 Å². The minimum absolute atomic E-state index is 0.00702. The minimum atomic E-state index is -0.318. The van der Waals surface area contributed by atoms with Crippen molar-refractivity contribution in [2.45, 2.75) is 26.2 Å². The molecule has 0 heterocycles. The molecule has 0 aliphatic heterocycles. The van der Waals surface area contributed by atoms with Crippen LogP contribution in [-0.2, 0) is 20.7 Å². The predicted octanol–water partition coefficient (Wildman–Crippen LogP) is 3.34. The molecule has 116 valence electrons. The van der Waals surface area contributed by atoms with Crippen molar-refractivity contribution < 1.29 is 14.3 Å². The normalized spacial score (nSPS) is 10.3. The maximum absolute atomic E-state index is 12.1. The summed E-state index contributed by atoms with van der Waals surface area (Å²) in [4.78, 5) is 24.9. The molecule has 1 aromatic carbocycles. The van der Waals surface area contributed by atoms with Crippen molar-refractivity contribution in [1.29, 1.82) is 0 Å². The number of aryl methyl sites for hydroxylation is 1. The Morgan fingerprint density at radius 2 is 1.95 bits per heavy atom. The van der Waals surface area contributed by atoms with Gasteiger partial charge in [0.2, 0.25) is 5.91 Å². The third-order valence-corrected chi connectivity index (χ3v) is 3.76. The average Bonchev–Trinajstić information content (AvgIpc) is 2.46. The molecule has 0 fully saturated rings. The predicted molar refractivity (Wildman–Crippen MR) is 83.7 cm³/mol. The zero-order chi connectivity index (χ0) is 15.8. The summed E-state index contributed by atoms with van der Waals surface area (Å²) >= 11 is 11.9. The summed E-state index contributed by atoms with van der Waals surface area (Å²) in [7, 11) is 1.34. The summed E-state index contributed by atoms with van der Waals surface area (Å²) in [6, 6.07) is 5.24. The van der Waals surface area contributed by atoms with E-state index in [1.54, 1.807) is 17.0 Å². The smallest absolute Gasteiger partial charge is 0.307 e. The van der Waals surface area contributed by atoms with Crippen LogP contribution in [0.3, 0.4) is 0 Å². The Bertz CT molecular complexity index is 506. The summed E-state index contributed by atoms with van der Waals surface area (Å²) in [6.07, 6.45) is 1.09. The molecule has 0 aliphatic rings. The van der Waals surface area contributed by atoms with Gasteiger partial charge in [-0.3, -0.25) is 9.59 Å². The highest BCUT2D eigenvalue weighted by Gasteiger charge is 2.14. The molecule has 1 aromatic rings. The molecule has 0 bridgehead atoms. The summed E-state index contributed by atoms with van der Waals surface area (Å²) in [5.74, 6) is -0.325. The number of carbonyl (C=O) groups excluding carboxylic acids is 2. The maximum Gasteiger partial charge on any atom is 0.307 e. The number of benzene rings is 1. The van der Waals surface area contributed by atoms with E-state index in [9.17, 15) is 9.59 Å². The molecule has 0 saturated heterocycles. The molecule has 0 spiro atoms. The molecule has 1 rings (SSSR count). The second-order valence-corrected chi connectivity index (χ2v) is 5.38. The van der Waals surface area contributed by atoms with Gasteiger partial charge in [-0.05, 0) is 31.0 Å². The van der Waals surface area contributed by atoms with E-state index in [0.717, 1.165) is 5.56 Å². The average molecular weight is 332 g/mol. The van der Waals surface area contributed by atoms with Crippen LogP contribution in [0.15, 0.2) is 18.2 Å². The monoisotopic (exact) mass is 331 g/mol. The van der Waals surface area contributed by atoms with E-state index in [0.29, 0.717) is 36.0 Å². The highest BCUT2D eigenvalue weighted by molar-refractivity contribution is 6.35. The molecule has 0 saturated carbocycles. The third kappa shape index (κ3) is 5.94. The van der Waals surface area contributed by atoms with Gasteiger partial charge in [-0.2, -0.15) is 0 Å². The molecule has 0 aromatic heterocycles. The van der Waals surface area contributed by atoms with Crippen molar-refractivity contribution in [3.05, 3.63) is 33.8 Å². The summed E-state index contributed by atoms with van der Waals surface area (Å²) in [5.41, 5.74) is 0.887. The summed E-state index contributed by atoms with van der Waals surface area (Å²) < 4.78 is 4.57. The van der Waals surface area contributed by atoms with Crippen LogP contribution in [0.2, 0.25) is 10.0 Å². The Labute approximate surface area is 135 Å². The fraction of sp³-hybridized carbons (Fsp3) is 0.467. The van der Waals surface area contributed by atoms with Crippen LogP contribution in [0.5, 0.6) is 0 Å². The third-order valence-electron chi connectivity index (χ3n) is 3.17. The van der Waals surface area contributed by atoms with Crippen molar-refractivity contribution >= 4 is 35.1 Å². The molecule has 4 nitrogen and oxygen atoms in total. The number of halogens is 2. The molecular formula is C15H19Cl2NO3. The van der Waals surface area contributed by atoms with Gasteiger partial charge in [-0.25, -0.2) is 0 Å². The Morgan fingerprint density at radius 1 is 1.24 bits per heavy atom. The Kier molecular flexibility index (Phi) is 7.54. The fourth-order valence-corrected chi connectivity index (χ4v) is 2.41. The van der Waals surface area contributed by atoms with Gasteiger partial charge in [-0.15, -0.1) is 0 Å². The van der Waals surface area contributed by atoms with E-state index in [-0.39, 0.29) is 18.3 Å². The fourth-order valence-electron chi connectivity index (χ4n) is 1.91. The van der Waals surface area contributed by atoms with Gasteiger partial charge in [0.15, 0.2) is 0 Å². The number of rotatable bonds is 7. The number of methoxy groups -OCH3 is 1. The van der Waals surface area contributed by atoms with E-state index < -0.39 is 0 Å². The van der Waals surface area contributed by atoms with Gasteiger partial charge in [0.25, 0.3) is 0 Å². The zero-order valence-corrected chi connectivity index (χ0v) is 13.7. The van der Waals surface area contributed by atoms with Crippen molar-refractivity contribution in [3.8, 4) is 0 Å². The van der Waals surface area contributed by atoms with Gasteiger partial charge >= 0.3 is 5.97 Å². The number of hydrogen-bond donors (Lipinski definition) is 0. The lowest BCUT2D eigenvalue weighted by Crippen LogP contribution is -2.33. The first kappa shape index (κ1) is 17.8. The Balaban J connectivity index is 2.52. The van der Waals surface area contributed by atoms with Gasteiger partial charge in [0.1, 0.15) is 0 Å². The van der Waals surface area contributed by atoms with Gasteiger partial charge in [0, 0.05) is 29.6 Å². The van der Waals surface area contributed by atoms with Gasteiger partial charge in [0.05, 0.1) is 13.5 Å². The van der Waals surface area contributed by atoms with Crippen molar-refractivity contribution in [2.75, 3.05) is 20.2 Å². The second kappa shape index (κ2) is 8.90. The van der Waals surface area contributed by atoms with Crippen LogP contribution in [0.1, 0.15) is 25.3 Å². The molecule has 0 atom stereocenters. The zero-order valence-electron chi connectivity index (χ0n) is 12.2. The van der Waals surface area contributed by atoms with Gasteiger partial charge < -0.3 is 9.64 Å². The van der Waals surface area contributed by atoms with Crippen LogP contribution < -0.4 is 0 Å². The summed E-state index contributed by atoms with van der Waals surface area (Å²) in [5, 5.41) is 1.14. The number of esters is 1. The molecule has 6 heteroatoms. The van der Waals surface area contributed by atoms with E-state index in [2.05, 4.69) is 4.74 Å². The maximum atomic E-state index is 12.1. The number of carbonyl (C=O) groups is 2. The standard InChI is InChI=1S/C15H19Cl2NO3/c1-3-18(9-8-15(20)21-2)14(19)7-5-11-4-6-12(16)10-13(11)17/h4,6,10H,3,5,7-9H2,1-2H3. The topological polar surface area (TPSA) is 46.6 Å². The SMILES string of the molecule is CCN(CCC(=O)OC)C(=O)CCc1ccc(Cl)cc1Cl.